The molecule has 0 aromatic carbocycles. The lowest BCUT2D eigenvalue weighted by molar-refractivity contribution is -0.837. The minimum absolute atomic E-state index is 0.112. The summed E-state index contributed by atoms with van der Waals surface area (Å²) in [7, 11) is 0. The van der Waals surface area contributed by atoms with E-state index in [1.807, 2.05) is 0 Å². The fourth-order valence-electron chi connectivity index (χ4n) is 1.15. The third kappa shape index (κ3) is 2.40. The van der Waals surface area contributed by atoms with Crippen molar-refractivity contribution in [3.05, 3.63) is 20.2 Å². The Morgan fingerprint density at radius 3 is 2.50 bits per heavy atom. The van der Waals surface area contributed by atoms with Crippen molar-refractivity contribution in [1.29, 1.82) is 0 Å². The van der Waals surface area contributed by atoms with Crippen molar-refractivity contribution in [2.45, 2.75) is 18.7 Å². The third-order valence-corrected chi connectivity index (χ3v) is 1.70. The molecule has 0 aliphatic carbocycles. The molecule has 0 bridgehead atoms. The summed E-state index contributed by atoms with van der Waals surface area (Å²) >= 11 is 0. The highest BCUT2D eigenvalue weighted by Crippen LogP contribution is 2.17. The van der Waals surface area contributed by atoms with Crippen LogP contribution >= 0.6 is 0 Å². The van der Waals surface area contributed by atoms with Crippen molar-refractivity contribution in [2.75, 3.05) is 6.54 Å². The van der Waals surface area contributed by atoms with Gasteiger partial charge in [-0.25, -0.2) is 4.94 Å². The van der Waals surface area contributed by atoms with Gasteiger partial charge in [0.25, 0.3) is 5.09 Å². The molecule has 1 saturated heterocycles. The average molecular weight is 208 g/mol. The molecule has 1 aliphatic heterocycles. The molecule has 0 aromatic heterocycles. The van der Waals surface area contributed by atoms with Crippen molar-refractivity contribution in [3.8, 4) is 0 Å². The monoisotopic (exact) mass is 208 g/mol. The lowest BCUT2D eigenvalue weighted by atomic mass is 10.3. The van der Waals surface area contributed by atoms with E-state index in [2.05, 4.69) is 9.78 Å². The highest BCUT2D eigenvalue weighted by Gasteiger charge is 2.37. The van der Waals surface area contributed by atoms with Gasteiger partial charge >= 0.3 is 5.09 Å². The minimum Gasteiger partial charge on any atom is -0.325 e. The fourth-order valence-corrected chi connectivity index (χ4v) is 1.15. The number of rotatable bonds is 4. The molecule has 0 spiro atoms. The average Bonchev–Trinajstić information content (AvgIpc) is 2.34. The van der Waals surface area contributed by atoms with E-state index in [0.29, 0.717) is 6.42 Å². The van der Waals surface area contributed by atoms with Crippen molar-refractivity contribution in [2.24, 2.45) is 5.73 Å². The number of hydroxylamine groups is 2. The Hall–Kier alpha value is -1.68. The number of nitrogens with zero attached hydrogens (tertiary/aromatic N) is 3. The molecule has 10 nitrogen and oxygen atoms in total. The quantitative estimate of drug-likeness (QED) is 0.443. The molecule has 1 rings (SSSR count). The third-order valence-electron chi connectivity index (χ3n) is 1.70. The Bertz CT molecular complexity index is 246. The SMILES string of the molecule is NC1CCN(O[N+](=O)[O-])C1O[N+](=O)[O-]. The Labute approximate surface area is 77.3 Å². The van der Waals surface area contributed by atoms with Gasteiger partial charge in [-0.15, -0.1) is 25.3 Å². The van der Waals surface area contributed by atoms with Crippen LogP contribution in [0.2, 0.25) is 0 Å². The molecule has 2 unspecified atom stereocenters. The maximum Gasteiger partial charge on any atom is 0.312 e. The molecule has 1 heterocycles. The van der Waals surface area contributed by atoms with Crippen LogP contribution in [0, 0.1) is 20.2 Å². The van der Waals surface area contributed by atoms with Crippen LogP contribution in [0.3, 0.4) is 0 Å². The van der Waals surface area contributed by atoms with E-state index in [1.165, 1.54) is 0 Å². The number of hydrogen-bond donors (Lipinski definition) is 1. The van der Waals surface area contributed by atoms with E-state index in [9.17, 15) is 20.2 Å². The molecule has 10 heteroatoms. The molecular weight excluding hydrogens is 200 g/mol. The summed E-state index contributed by atoms with van der Waals surface area (Å²) in [6.45, 7) is 0.112. The van der Waals surface area contributed by atoms with Gasteiger partial charge in [-0.2, -0.15) is 0 Å². The molecule has 0 amide bonds. The second-order valence-electron chi connectivity index (χ2n) is 2.62. The molecular formula is C4H8N4O6. The molecule has 80 valence electrons. The van der Waals surface area contributed by atoms with Gasteiger partial charge in [-0.1, -0.05) is 0 Å². The standard InChI is InChI=1S/C4H8N4O6/c5-3-1-2-6(14-8(11)12)4(3)13-7(9)10/h3-4H,1-2,5H2. The topological polar surface area (TPSA) is 134 Å². The first-order valence-corrected chi connectivity index (χ1v) is 3.66. The van der Waals surface area contributed by atoms with E-state index in [-0.39, 0.29) is 6.54 Å². The predicted octanol–water partition coefficient (Wildman–Crippen LogP) is -1.32. The molecule has 0 saturated carbocycles. The first-order chi connectivity index (χ1) is 6.50. The lowest BCUT2D eigenvalue weighted by Crippen LogP contribution is -2.43. The maximum atomic E-state index is 10.0. The number of hydrogen-bond acceptors (Lipinski definition) is 8. The second kappa shape index (κ2) is 4.02. The van der Waals surface area contributed by atoms with Crippen LogP contribution in [-0.2, 0) is 9.78 Å². The van der Waals surface area contributed by atoms with Gasteiger partial charge in [0, 0.05) is 12.6 Å². The Balaban J connectivity index is 2.56. The zero-order valence-corrected chi connectivity index (χ0v) is 6.94. The van der Waals surface area contributed by atoms with Crippen LogP contribution in [0.15, 0.2) is 0 Å². The molecule has 2 atom stereocenters. The Morgan fingerprint density at radius 1 is 1.36 bits per heavy atom. The van der Waals surface area contributed by atoms with Gasteiger partial charge < -0.3 is 5.73 Å². The molecule has 2 N–H and O–H groups in total. The van der Waals surface area contributed by atoms with Crippen LogP contribution in [0.4, 0.5) is 0 Å². The van der Waals surface area contributed by atoms with Crippen molar-refractivity contribution < 1.29 is 19.9 Å². The summed E-state index contributed by atoms with van der Waals surface area (Å²) in [6.07, 6.45) is -0.901. The van der Waals surface area contributed by atoms with Crippen molar-refractivity contribution in [1.82, 2.24) is 5.06 Å². The van der Waals surface area contributed by atoms with E-state index in [1.54, 1.807) is 0 Å². The van der Waals surface area contributed by atoms with E-state index in [0.717, 1.165) is 5.06 Å². The summed E-state index contributed by atoms with van der Waals surface area (Å²) < 4.78 is 0. The Kier molecular flexibility index (Phi) is 2.99. The summed E-state index contributed by atoms with van der Waals surface area (Å²) in [5.74, 6) is 0. The largest absolute Gasteiger partial charge is 0.325 e. The van der Waals surface area contributed by atoms with Crippen LogP contribution in [0.5, 0.6) is 0 Å². The van der Waals surface area contributed by atoms with Crippen LogP contribution in [0.25, 0.3) is 0 Å². The molecule has 0 radical (unpaired) electrons. The first kappa shape index (κ1) is 10.4. The molecule has 1 fully saturated rings. The second-order valence-corrected chi connectivity index (χ2v) is 2.62. The van der Waals surface area contributed by atoms with Crippen LogP contribution in [-0.4, -0.2) is 34.1 Å². The first-order valence-electron chi connectivity index (χ1n) is 3.66. The zero-order chi connectivity index (χ0) is 10.7. The van der Waals surface area contributed by atoms with E-state index in [4.69, 9.17) is 5.73 Å². The van der Waals surface area contributed by atoms with Crippen LogP contribution < -0.4 is 5.73 Å². The van der Waals surface area contributed by atoms with Crippen molar-refractivity contribution >= 4 is 0 Å². The highest BCUT2D eigenvalue weighted by molar-refractivity contribution is 4.78. The van der Waals surface area contributed by atoms with Gasteiger partial charge in [0.2, 0.25) is 0 Å². The molecule has 0 aromatic rings. The molecule has 1 aliphatic rings. The maximum absolute atomic E-state index is 10.0. The smallest absolute Gasteiger partial charge is 0.312 e. The summed E-state index contributed by atoms with van der Waals surface area (Å²) in [4.78, 5) is 28.1. The van der Waals surface area contributed by atoms with Crippen LogP contribution in [0.1, 0.15) is 6.42 Å². The van der Waals surface area contributed by atoms with Crippen molar-refractivity contribution in [3.63, 3.8) is 0 Å². The Morgan fingerprint density at radius 2 is 2.00 bits per heavy atom. The molecule has 14 heavy (non-hydrogen) atoms. The normalized spacial score (nSPS) is 27.2. The predicted molar refractivity (Wildman–Crippen MR) is 39.2 cm³/mol. The van der Waals surface area contributed by atoms with Gasteiger partial charge in [-0.05, 0) is 6.42 Å². The highest BCUT2D eigenvalue weighted by atomic mass is 17.0. The van der Waals surface area contributed by atoms with E-state index < -0.39 is 22.4 Å². The zero-order valence-electron chi connectivity index (χ0n) is 6.94. The summed E-state index contributed by atoms with van der Waals surface area (Å²) in [6, 6.07) is -0.680. The fraction of sp³-hybridized carbons (Fsp3) is 1.00. The van der Waals surface area contributed by atoms with Gasteiger partial charge in [0.05, 0.1) is 0 Å². The number of nitrogens with two attached hydrogens (primary N) is 1. The summed E-state index contributed by atoms with van der Waals surface area (Å²) in [5, 5.41) is 18.6. The van der Waals surface area contributed by atoms with E-state index >= 15 is 0 Å². The van der Waals surface area contributed by atoms with Gasteiger partial charge in [-0.3, -0.25) is 4.84 Å². The van der Waals surface area contributed by atoms with Gasteiger partial charge in [0.15, 0.2) is 6.23 Å². The lowest BCUT2D eigenvalue weighted by Gasteiger charge is -2.20. The van der Waals surface area contributed by atoms with Gasteiger partial charge in [0.1, 0.15) is 0 Å². The summed E-state index contributed by atoms with van der Waals surface area (Å²) in [5.41, 5.74) is 5.42. The minimum atomic E-state index is -1.23.